The molecule has 0 saturated heterocycles. The lowest BCUT2D eigenvalue weighted by molar-refractivity contribution is -0.119. The van der Waals surface area contributed by atoms with Gasteiger partial charge in [0.05, 0.1) is 37.4 Å². The van der Waals surface area contributed by atoms with Gasteiger partial charge in [-0.05, 0) is 36.8 Å². The number of likely N-dealkylation sites (N-methyl/N-ethyl adjacent to an activating group) is 1. The van der Waals surface area contributed by atoms with Crippen molar-refractivity contribution in [3.8, 4) is 11.5 Å². The van der Waals surface area contributed by atoms with Gasteiger partial charge in [0.25, 0.3) is 0 Å². The van der Waals surface area contributed by atoms with Crippen LogP contribution in [0.4, 0.5) is 5.69 Å². The zero-order valence-corrected chi connectivity index (χ0v) is 20.3. The van der Waals surface area contributed by atoms with Gasteiger partial charge in [0.1, 0.15) is 11.6 Å². The van der Waals surface area contributed by atoms with Gasteiger partial charge in [-0.2, -0.15) is 0 Å². The summed E-state index contributed by atoms with van der Waals surface area (Å²) in [5.74, 6) is 1.08. The summed E-state index contributed by atoms with van der Waals surface area (Å²) < 4.78 is 11.1. The Kier molecular flexibility index (Phi) is 7.48. The average Bonchev–Trinajstić information content (AvgIpc) is 3.07. The van der Waals surface area contributed by atoms with Crippen LogP contribution in [-0.2, 0) is 17.8 Å². The molecule has 8 nitrogen and oxygen atoms in total. The summed E-state index contributed by atoms with van der Waals surface area (Å²) in [7, 11) is 6.81. The summed E-state index contributed by atoms with van der Waals surface area (Å²) in [6.07, 6.45) is 0.156. The Balaban J connectivity index is 1.86. The molecule has 176 valence electrons. The van der Waals surface area contributed by atoms with Crippen LogP contribution in [0.2, 0.25) is 5.02 Å². The molecule has 1 amide bonds. The van der Waals surface area contributed by atoms with Gasteiger partial charge in [0.2, 0.25) is 5.91 Å². The number of anilines is 1. The Morgan fingerprint density at radius 1 is 1.24 bits per heavy atom. The summed E-state index contributed by atoms with van der Waals surface area (Å²) in [6, 6.07) is 7.02. The summed E-state index contributed by atoms with van der Waals surface area (Å²) in [5.41, 5.74) is 3.45. The molecular formula is C24H29ClN4O4. The van der Waals surface area contributed by atoms with E-state index in [0.29, 0.717) is 52.1 Å². The first-order chi connectivity index (χ1) is 15.7. The first-order valence-corrected chi connectivity index (χ1v) is 11.0. The van der Waals surface area contributed by atoms with Gasteiger partial charge in [-0.1, -0.05) is 11.6 Å². The SMILES string of the molecule is CCOc1cc2c(cc1CC(=O)NC)C(=N)N(CC(=O)c1cc(Cl)c(OC)c(N(C)C)c1)C2. The van der Waals surface area contributed by atoms with Crippen LogP contribution in [0.1, 0.15) is 34.0 Å². The minimum atomic E-state index is -0.157. The van der Waals surface area contributed by atoms with Gasteiger partial charge in [0.15, 0.2) is 11.5 Å². The quantitative estimate of drug-likeness (QED) is 0.544. The van der Waals surface area contributed by atoms with E-state index in [2.05, 4.69) is 5.32 Å². The largest absolute Gasteiger partial charge is 0.494 e. The van der Waals surface area contributed by atoms with E-state index in [0.717, 1.165) is 5.56 Å². The standard InChI is InChI=1S/C24H29ClN4O4/c1-6-33-21-10-16-12-29(24(26)17(16)7-15(21)11-22(31)27-2)13-20(30)14-8-18(25)23(32-5)19(9-14)28(3)4/h7-10,26H,6,11-13H2,1-5H3,(H,27,31). The van der Waals surface area contributed by atoms with E-state index in [1.165, 1.54) is 7.11 Å². The van der Waals surface area contributed by atoms with Crippen LogP contribution in [0.15, 0.2) is 24.3 Å². The minimum Gasteiger partial charge on any atom is -0.494 e. The predicted molar refractivity (Wildman–Crippen MR) is 129 cm³/mol. The third-order valence-electron chi connectivity index (χ3n) is 5.51. The van der Waals surface area contributed by atoms with Crippen LogP contribution in [0, 0.1) is 5.41 Å². The molecule has 1 heterocycles. The first-order valence-electron chi connectivity index (χ1n) is 10.6. The Bertz CT molecular complexity index is 1100. The normalized spacial score (nSPS) is 12.4. The molecule has 0 spiro atoms. The van der Waals surface area contributed by atoms with Crippen molar-refractivity contribution < 1.29 is 19.1 Å². The maximum atomic E-state index is 13.1. The van der Waals surface area contributed by atoms with Gasteiger partial charge in [0, 0.05) is 44.4 Å². The molecule has 0 saturated carbocycles. The second-order valence-electron chi connectivity index (χ2n) is 7.93. The average molecular weight is 473 g/mol. The smallest absolute Gasteiger partial charge is 0.224 e. The number of Topliss-reactive ketones (excluding diaryl/α,β-unsaturated/α-hetero) is 1. The predicted octanol–water partition coefficient (Wildman–Crippen LogP) is 3.13. The van der Waals surface area contributed by atoms with E-state index in [-0.39, 0.29) is 30.5 Å². The zero-order valence-electron chi connectivity index (χ0n) is 19.5. The lowest BCUT2D eigenvalue weighted by atomic mass is 10.0. The number of nitrogens with zero attached hydrogens (tertiary/aromatic N) is 2. The van der Waals surface area contributed by atoms with Crippen molar-refractivity contribution in [2.75, 3.05) is 46.3 Å². The van der Waals surface area contributed by atoms with Gasteiger partial charge < -0.3 is 24.6 Å². The third kappa shape index (κ3) is 5.06. The number of hydrogen-bond acceptors (Lipinski definition) is 6. The lowest BCUT2D eigenvalue weighted by Gasteiger charge is -2.20. The molecule has 1 aliphatic heterocycles. The number of methoxy groups -OCH3 is 1. The number of benzene rings is 2. The van der Waals surface area contributed by atoms with E-state index in [1.54, 1.807) is 24.1 Å². The molecule has 3 rings (SSSR count). The van der Waals surface area contributed by atoms with Crippen molar-refractivity contribution in [1.82, 2.24) is 10.2 Å². The van der Waals surface area contributed by atoms with E-state index in [4.69, 9.17) is 26.5 Å². The molecule has 2 aromatic rings. The molecule has 9 heteroatoms. The highest BCUT2D eigenvalue weighted by Gasteiger charge is 2.29. The molecule has 2 aromatic carbocycles. The Labute approximate surface area is 198 Å². The number of nitrogens with one attached hydrogen (secondary N) is 2. The van der Waals surface area contributed by atoms with Crippen molar-refractivity contribution in [1.29, 1.82) is 5.41 Å². The number of amidine groups is 1. The van der Waals surface area contributed by atoms with Crippen LogP contribution in [0.25, 0.3) is 0 Å². The second-order valence-corrected chi connectivity index (χ2v) is 8.34. The molecule has 1 aliphatic rings. The van der Waals surface area contributed by atoms with Gasteiger partial charge in [-0.15, -0.1) is 0 Å². The van der Waals surface area contributed by atoms with Crippen molar-refractivity contribution in [3.63, 3.8) is 0 Å². The number of ketones is 1. The molecule has 0 aliphatic carbocycles. The fraction of sp³-hybridized carbons (Fsp3) is 0.375. The van der Waals surface area contributed by atoms with Gasteiger partial charge in [-0.3, -0.25) is 15.0 Å². The summed E-state index contributed by atoms with van der Waals surface area (Å²) >= 11 is 6.35. The second kappa shape index (κ2) is 10.1. The molecule has 0 aromatic heterocycles. The maximum absolute atomic E-state index is 13.1. The number of amides is 1. The van der Waals surface area contributed by atoms with E-state index < -0.39 is 0 Å². The summed E-state index contributed by atoms with van der Waals surface area (Å²) in [4.78, 5) is 28.6. The number of carbonyl (C=O) groups excluding carboxylic acids is 2. The van der Waals surface area contributed by atoms with E-state index in [9.17, 15) is 9.59 Å². The highest BCUT2D eigenvalue weighted by Crippen LogP contribution is 2.36. The van der Waals surface area contributed by atoms with Crippen molar-refractivity contribution in [2.24, 2.45) is 0 Å². The Hall–Kier alpha value is -3.26. The van der Waals surface area contributed by atoms with Crippen molar-refractivity contribution in [3.05, 3.63) is 51.5 Å². The molecule has 33 heavy (non-hydrogen) atoms. The van der Waals surface area contributed by atoms with Gasteiger partial charge >= 0.3 is 0 Å². The third-order valence-corrected chi connectivity index (χ3v) is 5.80. The monoisotopic (exact) mass is 472 g/mol. The van der Waals surface area contributed by atoms with Crippen LogP contribution in [0.3, 0.4) is 0 Å². The highest BCUT2D eigenvalue weighted by atomic mass is 35.5. The van der Waals surface area contributed by atoms with Crippen LogP contribution < -0.4 is 19.7 Å². The zero-order chi connectivity index (χ0) is 24.3. The summed E-state index contributed by atoms with van der Waals surface area (Å²) in [5, 5.41) is 11.6. The fourth-order valence-electron chi connectivity index (χ4n) is 3.84. The van der Waals surface area contributed by atoms with Crippen molar-refractivity contribution >= 4 is 34.8 Å². The van der Waals surface area contributed by atoms with Crippen molar-refractivity contribution in [2.45, 2.75) is 19.9 Å². The number of rotatable bonds is 9. The van der Waals surface area contributed by atoms with Gasteiger partial charge in [-0.25, -0.2) is 0 Å². The number of halogens is 1. The number of fused-ring (bicyclic) bond motifs is 1. The molecule has 0 fully saturated rings. The molecule has 2 N–H and O–H groups in total. The number of ether oxygens (including phenoxy) is 2. The lowest BCUT2D eigenvalue weighted by Crippen LogP contribution is -2.30. The Morgan fingerprint density at radius 3 is 2.58 bits per heavy atom. The number of hydrogen-bond donors (Lipinski definition) is 2. The Morgan fingerprint density at radius 2 is 1.97 bits per heavy atom. The molecular weight excluding hydrogens is 444 g/mol. The first kappa shape index (κ1) is 24.4. The highest BCUT2D eigenvalue weighted by molar-refractivity contribution is 6.33. The minimum absolute atomic E-state index is 0.0256. The molecule has 0 radical (unpaired) electrons. The molecule has 0 atom stereocenters. The fourth-order valence-corrected chi connectivity index (χ4v) is 4.13. The molecule has 0 unspecified atom stereocenters. The van der Waals surface area contributed by atoms with Crippen LogP contribution in [-0.4, -0.2) is 63.8 Å². The molecule has 0 bridgehead atoms. The van der Waals surface area contributed by atoms with Crippen LogP contribution >= 0.6 is 11.6 Å². The number of carbonyl (C=O) groups is 2. The maximum Gasteiger partial charge on any atom is 0.224 e. The summed E-state index contributed by atoms with van der Waals surface area (Å²) in [6.45, 7) is 2.78. The van der Waals surface area contributed by atoms with E-state index in [1.807, 2.05) is 38.1 Å². The van der Waals surface area contributed by atoms with Crippen LogP contribution in [0.5, 0.6) is 11.5 Å². The topological polar surface area (TPSA) is 95.0 Å². The van der Waals surface area contributed by atoms with E-state index >= 15 is 0 Å².